The average molecular weight is 512 g/mol. The van der Waals surface area contributed by atoms with Gasteiger partial charge in [0.25, 0.3) is 0 Å². The molecule has 136 valence electrons. The van der Waals surface area contributed by atoms with Crippen molar-refractivity contribution < 1.29 is 0 Å². The standard InChI is InChI=1S/C22H6N6Se2/c1-25-20(26-2)22-28-17-6-12-4-13-7-18-16(27-21(29-18)15(9-23)10-24)5-11(13)3-14(12)8-19(17)30-22/h3-8H. The third-order valence-corrected chi connectivity index (χ3v) is 8.95. The van der Waals surface area contributed by atoms with Crippen molar-refractivity contribution in [2.75, 3.05) is 0 Å². The molecular weight excluding hydrogens is 506 g/mol. The molecule has 0 bridgehead atoms. The SMILES string of the molecule is [C-]#[N+]C([N+]#[C-])=c1nc2cc3cc4cc5[se]c(=C(C#N)C#N)nc5cc4cc3cc2[se]1. The number of nitriles is 2. The monoisotopic (exact) mass is 514 g/mol. The second-order valence-electron chi connectivity index (χ2n) is 6.37. The summed E-state index contributed by atoms with van der Waals surface area (Å²) in [5.41, 5.74) is 1.74. The van der Waals surface area contributed by atoms with Crippen LogP contribution in [0.3, 0.4) is 0 Å². The molecule has 2 aromatic heterocycles. The molecule has 2 heterocycles. The van der Waals surface area contributed by atoms with Gasteiger partial charge in [0.05, 0.1) is 0 Å². The van der Waals surface area contributed by atoms with Gasteiger partial charge in [-0.15, -0.1) is 0 Å². The molecule has 0 aliphatic carbocycles. The molecule has 5 rings (SSSR count). The van der Waals surface area contributed by atoms with Gasteiger partial charge >= 0.3 is 182 Å². The molecule has 3 aromatic carbocycles. The predicted molar refractivity (Wildman–Crippen MR) is 116 cm³/mol. The number of aromatic nitrogens is 2. The molecule has 0 spiro atoms. The number of benzene rings is 3. The summed E-state index contributed by atoms with van der Waals surface area (Å²) in [6, 6.07) is 16.3. The first-order valence-electron chi connectivity index (χ1n) is 8.52. The van der Waals surface area contributed by atoms with Crippen LogP contribution in [-0.4, -0.2) is 39.0 Å². The number of hydrogen-bond donors (Lipinski definition) is 0. The fourth-order valence-electron chi connectivity index (χ4n) is 3.29. The van der Waals surface area contributed by atoms with Crippen LogP contribution in [0, 0.1) is 35.8 Å². The Morgan fingerprint density at radius 3 is 1.70 bits per heavy atom. The average Bonchev–Trinajstić information content (AvgIpc) is 3.33. The van der Waals surface area contributed by atoms with Crippen molar-refractivity contribution in [3.8, 4) is 12.1 Å². The van der Waals surface area contributed by atoms with E-state index in [9.17, 15) is 0 Å². The number of nitrogens with zero attached hydrogens (tertiary/aromatic N) is 6. The Morgan fingerprint density at radius 2 is 1.20 bits per heavy atom. The fraction of sp³-hybridized carbons (Fsp3) is 0. The molecule has 0 N–H and O–H groups in total. The number of rotatable bonds is 0. The Kier molecular flexibility index (Phi) is 4.24. The van der Waals surface area contributed by atoms with Crippen LogP contribution in [0.2, 0.25) is 0 Å². The number of fused-ring (bicyclic) bond motifs is 4. The van der Waals surface area contributed by atoms with Crippen LogP contribution in [0.1, 0.15) is 0 Å². The van der Waals surface area contributed by atoms with E-state index in [0.717, 1.165) is 41.1 Å². The Balaban J connectivity index is 1.81. The fourth-order valence-corrected chi connectivity index (χ4v) is 7.22. The van der Waals surface area contributed by atoms with E-state index in [1.807, 2.05) is 24.3 Å². The van der Waals surface area contributed by atoms with Gasteiger partial charge in [-0.2, -0.15) is 0 Å². The van der Waals surface area contributed by atoms with Crippen LogP contribution < -0.4 is 8.45 Å². The molecule has 6 nitrogen and oxygen atoms in total. The van der Waals surface area contributed by atoms with E-state index in [-0.39, 0.29) is 40.4 Å². The molecule has 0 saturated heterocycles. The second-order valence-corrected chi connectivity index (χ2v) is 10.7. The maximum absolute atomic E-state index is 9.12. The van der Waals surface area contributed by atoms with Crippen LogP contribution in [0.25, 0.3) is 62.2 Å². The van der Waals surface area contributed by atoms with Crippen molar-refractivity contribution >= 4 is 81.5 Å². The summed E-state index contributed by atoms with van der Waals surface area (Å²) < 4.78 is 3.30. The van der Waals surface area contributed by atoms with E-state index < -0.39 is 0 Å². The van der Waals surface area contributed by atoms with Crippen LogP contribution in [0.5, 0.6) is 0 Å². The zero-order chi connectivity index (χ0) is 20.8. The summed E-state index contributed by atoms with van der Waals surface area (Å²) in [5.74, 6) is 0.0543. The molecular formula is C22H6N6Se2. The van der Waals surface area contributed by atoms with Gasteiger partial charge in [0.2, 0.25) is 0 Å². The first-order chi connectivity index (χ1) is 14.6. The summed E-state index contributed by atoms with van der Waals surface area (Å²) in [5, 5.41) is 22.5. The van der Waals surface area contributed by atoms with Crippen molar-refractivity contribution in [3.05, 3.63) is 67.7 Å². The van der Waals surface area contributed by atoms with Crippen molar-refractivity contribution in [1.82, 2.24) is 9.97 Å². The summed E-state index contributed by atoms with van der Waals surface area (Å²) in [6.45, 7) is 14.3. The number of hydrogen-bond acceptors (Lipinski definition) is 4. The summed E-state index contributed by atoms with van der Waals surface area (Å²) >= 11 is -0.311. The summed E-state index contributed by atoms with van der Waals surface area (Å²) in [7, 11) is 0. The molecule has 0 fully saturated rings. The van der Waals surface area contributed by atoms with Crippen LogP contribution in [0.4, 0.5) is 0 Å². The molecule has 0 unspecified atom stereocenters. The minimum atomic E-state index is -0.162. The van der Waals surface area contributed by atoms with Crippen molar-refractivity contribution in [3.63, 3.8) is 0 Å². The summed E-state index contributed by atoms with van der Waals surface area (Å²) in [6.07, 6.45) is 0. The third-order valence-electron chi connectivity index (χ3n) is 4.65. The van der Waals surface area contributed by atoms with Gasteiger partial charge in [-0.3, -0.25) is 0 Å². The van der Waals surface area contributed by atoms with E-state index in [0.29, 0.717) is 8.45 Å². The van der Waals surface area contributed by atoms with Crippen LogP contribution >= 0.6 is 0 Å². The first kappa shape index (κ1) is 18.3. The molecule has 5 aromatic rings. The van der Waals surface area contributed by atoms with Gasteiger partial charge in [-0.25, -0.2) is 0 Å². The van der Waals surface area contributed by atoms with Gasteiger partial charge in [0.1, 0.15) is 0 Å². The second kappa shape index (κ2) is 6.95. The van der Waals surface area contributed by atoms with E-state index in [2.05, 4.69) is 43.9 Å². The summed E-state index contributed by atoms with van der Waals surface area (Å²) in [4.78, 5) is 15.6. The molecule has 8 heteroatoms. The van der Waals surface area contributed by atoms with Gasteiger partial charge in [-0.05, 0) is 0 Å². The molecule has 0 amide bonds. The van der Waals surface area contributed by atoms with E-state index >= 15 is 0 Å². The van der Waals surface area contributed by atoms with Gasteiger partial charge in [0.15, 0.2) is 0 Å². The Morgan fingerprint density at radius 1 is 0.733 bits per heavy atom. The molecule has 30 heavy (non-hydrogen) atoms. The molecule has 0 radical (unpaired) electrons. The van der Waals surface area contributed by atoms with Gasteiger partial charge in [-0.1, -0.05) is 0 Å². The minimum absolute atomic E-state index is 0.0543. The van der Waals surface area contributed by atoms with Crippen molar-refractivity contribution in [1.29, 1.82) is 10.5 Å². The van der Waals surface area contributed by atoms with Gasteiger partial charge < -0.3 is 0 Å². The van der Waals surface area contributed by atoms with Crippen molar-refractivity contribution in [2.24, 2.45) is 0 Å². The van der Waals surface area contributed by atoms with Crippen molar-refractivity contribution in [2.45, 2.75) is 0 Å². The Hall–Kier alpha value is -3.74. The maximum atomic E-state index is 9.12. The quantitative estimate of drug-likeness (QED) is 0.181. The molecule has 0 atom stereocenters. The first-order valence-corrected chi connectivity index (χ1v) is 11.9. The van der Waals surface area contributed by atoms with E-state index in [1.54, 1.807) is 0 Å². The van der Waals surface area contributed by atoms with Gasteiger partial charge in [0, 0.05) is 0 Å². The molecule has 0 aliphatic rings. The van der Waals surface area contributed by atoms with E-state index in [4.69, 9.17) is 23.7 Å². The Labute approximate surface area is 181 Å². The predicted octanol–water partition coefficient (Wildman–Crippen LogP) is 2.31. The molecule has 0 aliphatic heterocycles. The topological polar surface area (TPSA) is 82.1 Å². The van der Waals surface area contributed by atoms with Crippen LogP contribution in [-0.2, 0) is 0 Å². The van der Waals surface area contributed by atoms with E-state index in [1.165, 1.54) is 0 Å². The molecule has 0 saturated carbocycles. The normalized spacial score (nSPS) is 10.5. The zero-order valence-electron chi connectivity index (χ0n) is 15.0. The zero-order valence-corrected chi connectivity index (χ0v) is 18.4. The Bertz CT molecular complexity index is 1580. The van der Waals surface area contributed by atoms with Crippen LogP contribution in [0.15, 0.2) is 36.4 Å². The third kappa shape index (κ3) is 2.82.